The van der Waals surface area contributed by atoms with E-state index in [2.05, 4.69) is 0 Å². The van der Waals surface area contributed by atoms with Crippen LogP contribution in [0.2, 0.25) is 0 Å². The zero-order valence-electron chi connectivity index (χ0n) is 7.33. The maximum absolute atomic E-state index is 9.20. The van der Waals surface area contributed by atoms with Crippen molar-refractivity contribution in [2.24, 2.45) is 5.73 Å². The van der Waals surface area contributed by atoms with Gasteiger partial charge in [0.2, 0.25) is 0 Å². The van der Waals surface area contributed by atoms with Gasteiger partial charge in [0.25, 0.3) is 0 Å². The van der Waals surface area contributed by atoms with Gasteiger partial charge in [0, 0.05) is 11.3 Å². The lowest BCUT2D eigenvalue weighted by molar-refractivity contribution is 0.475. The second-order valence-electron chi connectivity index (χ2n) is 2.74. The summed E-state index contributed by atoms with van der Waals surface area (Å²) in [6.45, 7) is 3.84. The molecular weight excluding hydrogens is 150 g/mol. The summed E-state index contributed by atoms with van der Waals surface area (Å²) in [5, 5.41) is 9.20. The summed E-state index contributed by atoms with van der Waals surface area (Å²) >= 11 is 0. The van der Waals surface area contributed by atoms with Crippen LogP contribution in [0, 0.1) is 6.92 Å². The predicted octanol–water partition coefficient (Wildman–Crippen LogP) is 2.02. The van der Waals surface area contributed by atoms with Crippen molar-refractivity contribution in [2.45, 2.75) is 13.8 Å². The molecule has 64 valence electrons. The summed E-state index contributed by atoms with van der Waals surface area (Å²) in [5.41, 5.74) is 8.38. The summed E-state index contributed by atoms with van der Waals surface area (Å²) in [4.78, 5) is 0. The monoisotopic (exact) mass is 163 g/mol. The van der Waals surface area contributed by atoms with E-state index in [1.807, 2.05) is 26.0 Å². The third kappa shape index (κ3) is 1.59. The molecule has 1 rings (SSSR count). The number of nitrogens with two attached hydrogens (primary N) is 1. The SMILES string of the molecule is C/C=C(/N)c1cc(O)ccc1C. The maximum atomic E-state index is 9.20. The maximum Gasteiger partial charge on any atom is 0.116 e. The molecule has 0 bridgehead atoms. The van der Waals surface area contributed by atoms with Crippen LogP contribution in [0.4, 0.5) is 0 Å². The Morgan fingerprint density at radius 1 is 1.50 bits per heavy atom. The largest absolute Gasteiger partial charge is 0.508 e. The van der Waals surface area contributed by atoms with Gasteiger partial charge < -0.3 is 10.8 Å². The van der Waals surface area contributed by atoms with Crippen LogP contribution in [0.1, 0.15) is 18.1 Å². The van der Waals surface area contributed by atoms with Crippen LogP contribution in [-0.4, -0.2) is 5.11 Å². The number of hydrogen-bond acceptors (Lipinski definition) is 2. The van der Waals surface area contributed by atoms with E-state index in [4.69, 9.17) is 5.73 Å². The van der Waals surface area contributed by atoms with E-state index in [0.717, 1.165) is 11.1 Å². The molecule has 3 N–H and O–H groups in total. The normalized spacial score (nSPS) is 11.7. The fraction of sp³-hybridized carbons (Fsp3) is 0.200. The molecule has 2 nitrogen and oxygen atoms in total. The van der Waals surface area contributed by atoms with Gasteiger partial charge in [-0.15, -0.1) is 0 Å². The van der Waals surface area contributed by atoms with Crippen molar-refractivity contribution in [3.05, 3.63) is 35.4 Å². The first kappa shape index (κ1) is 8.65. The van der Waals surface area contributed by atoms with Crippen molar-refractivity contribution in [2.75, 3.05) is 0 Å². The van der Waals surface area contributed by atoms with E-state index in [9.17, 15) is 5.11 Å². The standard InChI is InChI=1S/C10H13NO/c1-3-10(11)9-6-8(12)5-4-7(9)2/h3-6,12H,11H2,1-2H3/b10-3+. The van der Waals surface area contributed by atoms with Gasteiger partial charge in [-0.1, -0.05) is 12.1 Å². The number of rotatable bonds is 1. The van der Waals surface area contributed by atoms with Gasteiger partial charge in [0.05, 0.1) is 0 Å². The van der Waals surface area contributed by atoms with Crippen LogP contribution < -0.4 is 5.73 Å². The average Bonchev–Trinajstić information content (AvgIpc) is 2.08. The van der Waals surface area contributed by atoms with Crippen LogP contribution >= 0.6 is 0 Å². The van der Waals surface area contributed by atoms with Crippen LogP contribution in [0.3, 0.4) is 0 Å². The molecule has 0 saturated carbocycles. The minimum absolute atomic E-state index is 0.250. The lowest BCUT2D eigenvalue weighted by atomic mass is 10.1. The summed E-state index contributed by atoms with van der Waals surface area (Å²) in [5.74, 6) is 0.250. The molecule has 0 unspecified atom stereocenters. The van der Waals surface area contributed by atoms with Crippen molar-refractivity contribution in [1.29, 1.82) is 0 Å². The van der Waals surface area contributed by atoms with Crippen molar-refractivity contribution < 1.29 is 5.11 Å². The van der Waals surface area contributed by atoms with Crippen LogP contribution in [0.15, 0.2) is 24.3 Å². The van der Waals surface area contributed by atoms with Crippen LogP contribution in [0.5, 0.6) is 5.75 Å². The van der Waals surface area contributed by atoms with Gasteiger partial charge in [0.15, 0.2) is 0 Å². The minimum atomic E-state index is 0.250. The first-order valence-electron chi connectivity index (χ1n) is 3.87. The molecule has 2 heteroatoms. The van der Waals surface area contributed by atoms with E-state index in [0.29, 0.717) is 5.70 Å². The number of benzene rings is 1. The molecule has 0 radical (unpaired) electrons. The fourth-order valence-corrected chi connectivity index (χ4v) is 1.08. The molecule has 0 aromatic heterocycles. The molecule has 12 heavy (non-hydrogen) atoms. The topological polar surface area (TPSA) is 46.2 Å². The fourth-order valence-electron chi connectivity index (χ4n) is 1.08. The van der Waals surface area contributed by atoms with E-state index in [1.54, 1.807) is 12.1 Å². The molecule has 1 aromatic rings. The van der Waals surface area contributed by atoms with Gasteiger partial charge in [-0.25, -0.2) is 0 Å². The molecule has 0 amide bonds. The van der Waals surface area contributed by atoms with Crippen molar-refractivity contribution in [3.8, 4) is 5.75 Å². The molecule has 0 aliphatic rings. The van der Waals surface area contributed by atoms with Gasteiger partial charge in [-0.3, -0.25) is 0 Å². The summed E-state index contributed by atoms with van der Waals surface area (Å²) in [6, 6.07) is 5.17. The smallest absolute Gasteiger partial charge is 0.116 e. The van der Waals surface area contributed by atoms with Gasteiger partial charge in [0.1, 0.15) is 5.75 Å². The first-order valence-corrected chi connectivity index (χ1v) is 3.87. The van der Waals surface area contributed by atoms with E-state index >= 15 is 0 Å². The molecule has 0 atom stereocenters. The van der Waals surface area contributed by atoms with Crippen molar-refractivity contribution in [1.82, 2.24) is 0 Å². The first-order chi connectivity index (χ1) is 5.65. The summed E-state index contributed by atoms with van der Waals surface area (Å²) in [6.07, 6.45) is 1.82. The molecule has 0 saturated heterocycles. The lowest BCUT2D eigenvalue weighted by Gasteiger charge is -2.05. The van der Waals surface area contributed by atoms with Gasteiger partial charge in [-0.05, 0) is 31.5 Å². The number of hydrogen-bond donors (Lipinski definition) is 2. The molecule has 1 aromatic carbocycles. The minimum Gasteiger partial charge on any atom is -0.508 e. The molecule has 0 fully saturated rings. The molecular formula is C10H13NO. The second-order valence-corrected chi connectivity index (χ2v) is 2.74. The van der Waals surface area contributed by atoms with E-state index in [1.165, 1.54) is 0 Å². The predicted molar refractivity (Wildman–Crippen MR) is 50.7 cm³/mol. The Hall–Kier alpha value is -1.44. The number of aryl methyl sites for hydroxylation is 1. The quantitative estimate of drug-likeness (QED) is 0.665. The highest BCUT2D eigenvalue weighted by atomic mass is 16.3. The zero-order chi connectivity index (χ0) is 9.14. The Bertz CT molecular complexity index is 316. The van der Waals surface area contributed by atoms with Crippen LogP contribution in [-0.2, 0) is 0 Å². The second kappa shape index (κ2) is 3.30. The Labute approximate surface area is 72.3 Å². The van der Waals surface area contributed by atoms with Crippen LogP contribution in [0.25, 0.3) is 5.70 Å². The van der Waals surface area contributed by atoms with Gasteiger partial charge >= 0.3 is 0 Å². The van der Waals surface area contributed by atoms with Crippen molar-refractivity contribution in [3.63, 3.8) is 0 Å². The van der Waals surface area contributed by atoms with E-state index in [-0.39, 0.29) is 5.75 Å². The summed E-state index contributed by atoms with van der Waals surface area (Å²) < 4.78 is 0. The highest BCUT2D eigenvalue weighted by molar-refractivity contribution is 5.66. The third-order valence-corrected chi connectivity index (χ3v) is 1.84. The highest BCUT2D eigenvalue weighted by Gasteiger charge is 2.00. The Morgan fingerprint density at radius 2 is 2.17 bits per heavy atom. The zero-order valence-corrected chi connectivity index (χ0v) is 7.33. The van der Waals surface area contributed by atoms with Crippen molar-refractivity contribution >= 4 is 5.70 Å². The lowest BCUT2D eigenvalue weighted by Crippen LogP contribution is -1.97. The number of allylic oxidation sites excluding steroid dienone is 1. The number of phenolic OH excluding ortho intramolecular Hbond substituents is 1. The molecule has 0 aliphatic heterocycles. The average molecular weight is 163 g/mol. The Morgan fingerprint density at radius 3 is 2.75 bits per heavy atom. The third-order valence-electron chi connectivity index (χ3n) is 1.84. The number of aromatic hydroxyl groups is 1. The molecule has 0 heterocycles. The van der Waals surface area contributed by atoms with Gasteiger partial charge in [-0.2, -0.15) is 0 Å². The Balaban J connectivity index is 3.23. The Kier molecular flexibility index (Phi) is 2.38. The van der Waals surface area contributed by atoms with E-state index < -0.39 is 0 Å². The summed E-state index contributed by atoms with van der Waals surface area (Å²) in [7, 11) is 0. The molecule has 0 aliphatic carbocycles. The molecule has 0 spiro atoms. The number of phenols is 1. The highest BCUT2D eigenvalue weighted by Crippen LogP contribution is 2.19.